The fraction of sp³-hybridized carbons (Fsp3) is 0.167. The van der Waals surface area contributed by atoms with E-state index in [1.807, 2.05) is 13.0 Å². The monoisotopic (exact) mass is 395 g/mol. The largest absolute Gasteiger partial charge is 0.340 e. The van der Waals surface area contributed by atoms with Crippen molar-refractivity contribution in [3.8, 4) is 5.82 Å². The number of aromatic amines is 1. The summed E-state index contributed by atoms with van der Waals surface area (Å²) in [6.07, 6.45) is 2.93. The van der Waals surface area contributed by atoms with Gasteiger partial charge in [0.1, 0.15) is 23.5 Å². The first kappa shape index (κ1) is 16.9. The lowest BCUT2D eigenvalue weighted by Crippen LogP contribution is -2.16. The number of nitrogens with one attached hydrogen (secondary N) is 2. The molecule has 0 unspecified atom stereocenters. The molecule has 0 saturated heterocycles. The molecule has 1 aliphatic rings. The maximum atomic E-state index is 13.8. The van der Waals surface area contributed by atoms with E-state index < -0.39 is 0 Å². The van der Waals surface area contributed by atoms with Crippen LogP contribution in [0.2, 0.25) is 0 Å². The number of aromatic nitrogens is 6. The van der Waals surface area contributed by atoms with Gasteiger partial charge in [-0.25, -0.2) is 19.3 Å². The Kier molecular flexibility index (Phi) is 3.86. The summed E-state index contributed by atoms with van der Waals surface area (Å²) in [6, 6.07) is 6.42. The zero-order valence-electron chi connectivity index (χ0n) is 14.7. The number of hydrogen-bond donors (Lipinski definition) is 2. The number of benzene rings is 1. The Bertz CT molecular complexity index is 1220. The minimum atomic E-state index is -0.316. The molecule has 0 aliphatic carbocycles. The summed E-state index contributed by atoms with van der Waals surface area (Å²) in [5, 5.41) is 7.32. The summed E-state index contributed by atoms with van der Waals surface area (Å²) in [4.78, 5) is 28.0. The molecule has 8 nitrogen and oxygen atoms in total. The molecule has 3 aromatic heterocycles. The molecule has 5 rings (SSSR count). The fourth-order valence-corrected chi connectivity index (χ4v) is 4.56. The topological polar surface area (TPSA) is 101 Å². The smallest absolute Gasteiger partial charge is 0.235 e. The van der Waals surface area contributed by atoms with E-state index in [2.05, 4.69) is 30.4 Å². The highest BCUT2D eigenvalue weighted by atomic mass is 32.2. The first-order valence-electron chi connectivity index (χ1n) is 8.52. The number of fused-ring (bicyclic) bond motifs is 2. The van der Waals surface area contributed by atoms with Gasteiger partial charge in [-0.3, -0.25) is 4.79 Å². The average Bonchev–Trinajstić information content (AvgIpc) is 3.23. The van der Waals surface area contributed by atoms with Gasteiger partial charge in [0.05, 0.1) is 23.0 Å². The molecule has 0 fully saturated rings. The predicted octanol–water partition coefficient (Wildman–Crippen LogP) is 2.76. The molecular formula is C18H14FN7OS. The van der Waals surface area contributed by atoms with Crippen molar-refractivity contribution in [1.29, 1.82) is 0 Å². The third-order valence-electron chi connectivity index (χ3n) is 4.56. The van der Waals surface area contributed by atoms with Gasteiger partial charge in [-0.1, -0.05) is 12.1 Å². The van der Waals surface area contributed by atoms with Crippen molar-refractivity contribution in [1.82, 2.24) is 29.7 Å². The number of amides is 1. The average molecular weight is 395 g/mol. The van der Waals surface area contributed by atoms with Gasteiger partial charge in [-0.2, -0.15) is 9.78 Å². The molecule has 0 spiro atoms. The summed E-state index contributed by atoms with van der Waals surface area (Å²) in [6.45, 7) is 1.87. The number of rotatable bonds is 2. The quantitative estimate of drug-likeness (QED) is 0.541. The van der Waals surface area contributed by atoms with Crippen LogP contribution in [0.3, 0.4) is 0 Å². The molecule has 0 bridgehead atoms. The Labute approximate surface area is 162 Å². The van der Waals surface area contributed by atoms with Crippen molar-refractivity contribution in [2.24, 2.45) is 0 Å². The molecule has 10 heteroatoms. The van der Waals surface area contributed by atoms with Gasteiger partial charge in [-0.05, 0) is 24.6 Å². The summed E-state index contributed by atoms with van der Waals surface area (Å²) < 4.78 is 15.4. The number of carbonyl (C=O) groups is 1. The summed E-state index contributed by atoms with van der Waals surface area (Å²) in [5.41, 5.74) is 3.45. The zero-order chi connectivity index (χ0) is 19.3. The molecule has 0 radical (unpaired) electrons. The second-order valence-electron chi connectivity index (χ2n) is 6.35. The molecule has 1 aromatic carbocycles. The first-order chi connectivity index (χ1) is 13.6. The number of H-pyrrole nitrogens is 1. The number of halogens is 1. The van der Waals surface area contributed by atoms with E-state index in [4.69, 9.17) is 0 Å². The van der Waals surface area contributed by atoms with E-state index >= 15 is 0 Å². The van der Waals surface area contributed by atoms with Crippen LogP contribution < -0.4 is 5.32 Å². The highest BCUT2D eigenvalue weighted by molar-refractivity contribution is 8.00. The van der Waals surface area contributed by atoms with Crippen molar-refractivity contribution in [3.63, 3.8) is 0 Å². The second kappa shape index (κ2) is 6.41. The SMILES string of the molecule is Cc1nn(-c2ncnc3nc[nH]c23)c2c1[C@H](c1cccc(F)c1)SCC(=O)N2. The summed E-state index contributed by atoms with van der Waals surface area (Å²) in [7, 11) is 0. The fourth-order valence-electron chi connectivity index (χ4n) is 3.38. The Balaban J connectivity index is 1.74. The molecule has 1 amide bonds. The van der Waals surface area contributed by atoms with Crippen LogP contribution in [0.25, 0.3) is 17.0 Å². The van der Waals surface area contributed by atoms with E-state index in [1.165, 1.54) is 36.5 Å². The molecule has 140 valence electrons. The maximum Gasteiger partial charge on any atom is 0.235 e. The number of nitrogens with zero attached hydrogens (tertiary/aromatic N) is 5. The Morgan fingerprint density at radius 1 is 1.29 bits per heavy atom. The van der Waals surface area contributed by atoms with Crippen LogP contribution in [0.1, 0.15) is 22.1 Å². The first-order valence-corrected chi connectivity index (χ1v) is 9.57. The number of aryl methyl sites for hydroxylation is 1. The summed E-state index contributed by atoms with van der Waals surface area (Å²) >= 11 is 1.44. The van der Waals surface area contributed by atoms with Crippen LogP contribution in [-0.2, 0) is 4.79 Å². The van der Waals surface area contributed by atoms with E-state index in [-0.39, 0.29) is 22.7 Å². The predicted molar refractivity (Wildman–Crippen MR) is 103 cm³/mol. The van der Waals surface area contributed by atoms with Crippen molar-refractivity contribution in [2.75, 3.05) is 11.1 Å². The van der Waals surface area contributed by atoms with Crippen LogP contribution in [0.5, 0.6) is 0 Å². The van der Waals surface area contributed by atoms with Gasteiger partial charge in [0.15, 0.2) is 11.5 Å². The van der Waals surface area contributed by atoms with Crippen LogP contribution >= 0.6 is 11.8 Å². The van der Waals surface area contributed by atoms with Gasteiger partial charge in [0.2, 0.25) is 5.91 Å². The van der Waals surface area contributed by atoms with Crippen molar-refractivity contribution < 1.29 is 9.18 Å². The maximum absolute atomic E-state index is 13.8. The molecule has 4 aromatic rings. The van der Waals surface area contributed by atoms with Crippen LogP contribution in [0, 0.1) is 12.7 Å². The Morgan fingerprint density at radius 3 is 3.04 bits per heavy atom. The van der Waals surface area contributed by atoms with Crippen LogP contribution in [0.4, 0.5) is 10.2 Å². The molecule has 4 heterocycles. The molecule has 0 saturated carbocycles. The van der Waals surface area contributed by atoms with Gasteiger partial charge in [-0.15, -0.1) is 11.8 Å². The van der Waals surface area contributed by atoms with Crippen molar-refractivity contribution in [3.05, 3.63) is 59.6 Å². The number of imidazole rings is 1. The number of carbonyl (C=O) groups excluding carboxylic acids is 1. The Morgan fingerprint density at radius 2 is 2.18 bits per heavy atom. The number of thioether (sulfide) groups is 1. The molecule has 2 N–H and O–H groups in total. The minimum absolute atomic E-state index is 0.152. The van der Waals surface area contributed by atoms with E-state index in [0.29, 0.717) is 22.8 Å². The molecule has 1 aliphatic heterocycles. The highest BCUT2D eigenvalue weighted by Crippen LogP contribution is 2.44. The van der Waals surface area contributed by atoms with E-state index in [1.54, 1.807) is 10.7 Å². The van der Waals surface area contributed by atoms with Gasteiger partial charge in [0.25, 0.3) is 0 Å². The zero-order valence-corrected chi connectivity index (χ0v) is 15.5. The Hall–Kier alpha value is -3.27. The normalized spacial score (nSPS) is 16.6. The third-order valence-corrected chi connectivity index (χ3v) is 5.83. The van der Waals surface area contributed by atoms with E-state index in [0.717, 1.165) is 16.8 Å². The van der Waals surface area contributed by atoms with Crippen molar-refractivity contribution in [2.45, 2.75) is 12.2 Å². The van der Waals surface area contributed by atoms with Gasteiger partial charge >= 0.3 is 0 Å². The number of anilines is 1. The standard InChI is InChI=1S/C18H14FN7OS/c1-9-13-15(10-3-2-4-11(19)5-10)28-6-12(27)24-17(13)26(25-9)18-14-16(21-7-20-14)22-8-23-18/h2-5,7-8,15H,6H2,1H3,(H,24,27)(H,20,21,22,23)/t15-/m0/s1. The van der Waals surface area contributed by atoms with E-state index in [9.17, 15) is 9.18 Å². The minimum Gasteiger partial charge on any atom is -0.340 e. The highest BCUT2D eigenvalue weighted by Gasteiger charge is 2.31. The lowest BCUT2D eigenvalue weighted by molar-refractivity contribution is -0.113. The molecular weight excluding hydrogens is 381 g/mol. The van der Waals surface area contributed by atoms with Crippen LogP contribution in [0.15, 0.2) is 36.9 Å². The molecule has 28 heavy (non-hydrogen) atoms. The lowest BCUT2D eigenvalue weighted by Gasteiger charge is -2.15. The van der Waals surface area contributed by atoms with Crippen molar-refractivity contribution >= 4 is 34.7 Å². The van der Waals surface area contributed by atoms with Gasteiger partial charge in [0, 0.05) is 5.56 Å². The lowest BCUT2D eigenvalue weighted by atomic mass is 10.0. The summed E-state index contributed by atoms with van der Waals surface area (Å²) in [5.74, 6) is 0.788. The van der Waals surface area contributed by atoms with Crippen LogP contribution in [-0.4, -0.2) is 41.4 Å². The third kappa shape index (κ3) is 2.64. The number of hydrogen-bond acceptors (Lipinski definition) is 6. The second-order valence-corrected chi connectivity index (χ2v) is 7.45. The van der Waals surface area contributed by atoms with Gasteiger partial charge < -0.3 is 10.3 Å². The molecule has 1 atom stereocenters.